The second-order valence-corrected chi connectivity index (χ2v) is 3.55. The molecule has 1 aliphatic carbocycles. The largest absolute Gasteiger partial charge is 0.355 e. The Morgan fingerprint density at radius 1 is 1.07 bits per heavy atom. The van der Waals surface area contributed by atoms with Crippen LogP contribution < -0.4 is 0 Å². The van der Waals surface area contributed by atoms with Crippen molar-refractivity contribution in [2.24, 2.45) is 0 Å². The summed E-state index contributed by atoms with van der Waals surface area (Å²) in [6.45, 7) is 0. The standard InChI is InChI=1S/C13H11N/c1-2-6-10-11-7-4-5-9-13(11)14-12(10)8-3-1/h1-5,7-9,14H,6H2. The highest BCUT2D eigenvalue weighted by Gasteiger charge is 2.07. The maximum absolute atomic E-state index is 3.43. The van der Waals surface area contributed by atoms with Crippen LogP contribution in [0, 0.1) is 0 Å². The highest BCUT2D eigenvalue weighted by Crippen LogP contribution is 2.25. The van der Waals surface area contributed by atoms with E-state index in [1.807, 2.05) is 0 Å². The van der Waals surface area contributed by atoms with Gasteiger partial charge in [-0.05, 0) is 24.1 Å². The lowest BCUT2D eigenvalue weighted by Crippen LogP contribution is -1.80. The molecule has 1 nitrogen and oxygen atoms in total. The van der Waals surface area contributed by atoms with E-state index < -0.39 is 0 Å². The van der Waals surface area contributed by atoms with Gasteiger partial charge < -0.3 is 4.98 Å². The second kappa shape index (κ2) is 2.88. The average Bonchev–Trinajstić information content (AvgIpc) is 2.42. The summed E-state index contributed by atoms with van der Waals surface area (Å²) in [5.74, 6) is 0. The van der Waals surface area contributed by atoms with Crippen molar-refractivity contribution < 1.29 is 0 Å². The van der Waals surface area contributed by atoms with Gasteiger partial charge in [-0.1, -0.05) is 36.4 Å². The molecule has 2 aromatic rings. The Hall–Kier alpha value is -1.76. The van der Waals surface area contributed by atoms with Crippen molar-refractivity contribution in [3.05, 3.63) is 53.8 Å². The van der Waals surface area contributed by atoms with Gasteiger partial charge in [-0.25, -0.2) is 0 Å². The van der Waals surface area contributed by atoms with E-state index in [9.17, 15) is 0 Å². The number of benzene rings is 1. The highest BCUT2D eigenvalue weighted by atomic mass is 14.7. The van der Waals surface area contributed by atoms with Gasteiger partial charge in [0.15, 0.2) is 0 Å². The molecule has 1 aromatic heterocycles. The lowest BCUT2D eigenvalue weighted by atomic mass is 10.1. The third-order valence-corrected chi connectivity index (χ3v) is 2.68. The second-order valence-electron chi connectivity index (χ2n) is 3.55. The quantitative estimate of drug-likeness (QED) is 0.642. The molecule has 0 saturated carbocycles. The topological polar surface area (TPSA) is 15.8 Å². The van der Waals surface area contributed by atoms with Gasteiger partial charge >= 0.3 is 0 Å². The van der Waals surface area contributed by atoms with E-state index >= 15 is 0 Å². The number of H-pyrrole nitrogens is 1. The Morgan fingerprint density at radius 2 is 2.00 bits per heavy atom. The van der Waals surface area contributed by atoms with E-state index in [-0.39, 0.29) is 0 Å². The molecule has 1 aliphatic rings. The number of hydrogen-bond acceptors (Lipinski definition) is 0. The van der Waals surface area contributed by atoms with Crippen molar-refractivity contribution in [3.63, 3.8) is 0 Å². The smallest absolute Gasteiger partial charge is 0.0461 e. The van der Waals surface area contributed by atoms with E-state index in [1.165, 1.54) is 22.2 Å². The van der Waals surface area contributed by atoms with Crippen LogP contribution in [0.2, 0.25) is 0 Å². The fourth-order valence-electron chi connectivity index (χ4n) is 2.00. The Kier molecular flexibility index (Phi) is 1.57. The number of aromatic amines is 1. The predicted octanol–water partition coefficient (Wildman–Crippen LogP) is 3.29. The predicted molar refractivity (Wildman–Crippen MR) is 60.2 cm³/mol. The first-order valence-corrected chi connectivity index (χ1v) is 4.88. The summed E-state index contributed by atoms with van der Waals surface area (Å²) in [5.41, 5.74) is 3.89. The van der Waals surface area contributed by atoms with E-state index in [0.717, 1.165) is 6.42 Å². The van der Waals surface area contributed by atoms with Crippen molar-refractivity contribution in [2.75, 3.05) is 0 Å². The normalized spacial score (nSPS) is 14.3. The number of hydrogen-bond donors (Lipinski definition) is 1. The van der Waals surface area contributed by atoms with Crippen LogP contribution in [-0.2, 0) is 6.42 Å². The molecule has 68 valence electrons. The number of allylic oxidation sites excluding steroid dienone is 3. The number of aromatic nitrogens is 1. The zero-order valence-electron chi connectivity index (χ0n) is 7.83. The van der Waals surface area contributed by atoms with E-state index in [0.29, 0.717) is 0 Å². The first-order chi connectivity index (χ1) is 6.95. The van der Waals surface area contributed by atoms with Gasteiger partial charge in [0.2, 0.25) is 0 Å². The summed E-state index contributed by atoms with van der Waals surface area (Å²) in [4.78, 5) is 3.43. The third kappa shape index (κ3) is 1.02. The molecule has 3 rings (SSSR count). The Labute approximate surface area is 82.8 Å². The Morgan fingerprint density at radius 3 is 3.00 bits per heavy atom. The van der Waals surface area contributed by atoms with Gasteiger partial charge in [0.05, 0.1) is 0 Å². The molecule has 0 spiro atoms. The first kappa shape index (κ1) is 7.63. The van der Waals surface area contributed by atoms with Gasteiger partial charge in [0, 0.05) is 16.6 Å². The molecular formula is C13H11N. The SMILES string of the molecule is C1=CCc2c([nH]c3ccccc23)C=C1. The molecule has 14 heavy (non-hydrogen) atoms. The molecule has 0 unspecified atom stereocenters. The lowest BCUT2D eigenvalue weighted by molar-refractivity contribution is 1.27. The number of para-hydroxylation sites is 1. The number of nitrogens with one attached hydrogen (secondary N) is 1. The molecule has 1 heteroatoms. The van der Waals surface area contributed by atoms with Crippen LogP contribution >= 0.6 is 0 Å². The molecule has 0 radical (unpaired) electrons. The van der Waals surface area contributed by atoms with Gasteiger partial charge in [-0.2, -0.15) is 0 Å². The van der Waals surface area contributed by atoms with Crippen LogP contribution in [-0.4, -0.2) is 4.98 Å². The summed E-state index contributed by atoms with van der Waals surface area (Å²) < 4.78 is 0. The van der Waals surface area contributed by atoms with Crippen molar-refractivity contribution in [1.29, 1.82) is 0 Å². The maximum atomic E-state index is 3.43. The van der Waals surface area contributed by atoms with Crippen LogP contribution in [0.4, 0.5) is 0 Å². The molecule has 1 heterocycles. The molecule has 1 aromatic carbocycles. The van der Waals surface area contributed by atoms with Gasteiger partial charge in [0.1, 0.15) is 0 Å². The van der Waals surface area contributed by atoms with Gasteiger partial charge in [-0.3, -0.25) is 0 Å². The molecule has 0 atom stereocenters. The third-order valence-electron chi connectivity index (χ3n) is 2.68. The summed E-state index contributed by atoms with van der Waals surface area (Å²) in [6, 6.07) is 8.46. The molecule has 1 N–H and O–H groups in total. The van der Waals surface area contributed by atoms with Crippen LogP contribution in [0.25, 0.3) is 17.0 Å². The molecule has 0 saturated heterocycles. The Bertz CT molecular complexity index is 529. The molecule has 0 fully saturated rings. The van der Waals surface area contributed by atoms with Crippen LogP contribution in [0.5, 0.6) is 0 Å². The average molecular weight is 181 g/mol. The van der Waals surface area contributed by atoms with E-state index in [1.54, 1.807) is 0 Å². The van der Waals surface area contributed by atoms with Crippen molar-refractivity contribution in [1.82, 2.24) is 4.98 Å². The van der Waals surface area contributed by atoms with Crippen LogP contribution in [0.1, 0.15) is 11.3 Å². The fourth-order valence-corrected chi connectivity index (χ4v) is 2.00. The summed E-state index contributed by atoms with van der Waals surface area (Å²) >= 11 is 0. The molecule has 0 amide bonds. The fraction of sp³-hybridized carbons (Fsp3) is 0.0769. The first-order valence-electron chi connectivity index (χ1n) is 4.88. The summed E-state index contributed by atoms with van der Waals surface area (Å²) in [5, 5.41) is 1.35. The minimum absolute atomic E-state index is 1.02. The maximum Gasteiger partial charge on any atom is 0.0461 e. The zero-order chi connectivity index (χ0) is 9.38. The monoisotopic (exact) mass is 181 g/mol. The summed E-state index contributed by atoms with van der Waals surface area (Å²) in [7, 11) is 0. The van der Waals surface area contributed by atoms with E-state index in [2.05, 4.69) is 53.6 Å². The number of rotatable bonds is 0. The minimum atomic E-state index is 1.02. The zero-order valence-corrected chi connectivity index (χ0v) is 7.83. The summed E-state index contributed by atoms with van der Waals surface area (Å²) in [6.07, 6.45) is 9.54. The van der Waals surface area contributed by atoms with Crippen molar-refractivity contribution in [3.8, 4) is 0 Å². The minimum Gasteiger partial charge on any atom is -0.355 e. The molecule has 0 aliphatic heterocycles. The highest BCUT2D eigenvalue weighted by molar-refractivity contribution is 5.87. The van der Waals surface area contributed by atoms with Crippen LogP contribution in [0.15, 0.2) is 42.5 Å². The lowest BCUT2D eigenvalue weighted by Gasteiger charge is -1.94. The van der Waals surface area contributed by atoms with Gasteiger partial charge in [0.25, 0.3) is 0 Å². The van der Waals surface area contributed by atoms with Gasteiger partial charge in [-0.15, -0.1) is 0 Å². The van der Waals surface area contributed by atoms with Crippen molar-refractivity contribution >= 4 is 17.0 Å². The van der Waals surface area contributed by atoms with Crippen LogP contribution in [0.3, 0.4) is 0 Å². The Balaban J connectivity index is 2.37. The molecular weight excluding hydrogens is 170 g/mol. The number of fused-ring (bicyclic) bond motifs is 3. The van der Waals surface area contributed by atoms with E-state index in [4.69, 9.17) is 0 Å². The molecule has 0 bridgehead atoms. The van der Waals surface area contributed by atoms with Crippen molar-refractivity contribution in [2.45, 2.75) is 6.42 Å².